The first-order chi connectivity index (χ1) is 20.1. The normalized spacial score (nSPS) is 14.2. The molecule has 6 nitrogen and oxygen atoms in total. The van der Waals surface area contributed by atoms with E-state index in [2.05, 4.69) is 34.1 Å². The van der Waals surface area contributed by atoms with Gasteiger partial charge in [-0.2, -0.15) is 0 Å². The maximum Gasteiger partial charge on any atom is 0.289 e. The monoisotopic (exact) mass is 553 g/mol. The molecule has 0 N–H and O–H groups in total. The van der Waals surface area contributed by atoms with Crippen LogP contribution < -0.4 is 4.74 Å². The second-order valence-corrected chi connectivity index (χ2v) is 10.3. The van der Waals surface area contributed by atoms with Crippen molar-refractivity contribution < 1.29 is 18.3 Å². The summed E-state index contributed by atoms with van der Waals surface area (Å²) in [5.74, 6) is 1.48. The lowest BCUT2D eigenvalue weighted by Crippen LogP contribution is -2.48. The molecule has 212 valence electrons. The number of hydrogen-bond donors (Lipinski definition) is 0. The molecule has 2 heterocycles. The van der Waals surface area contributed by atoms with Gasteiger partial charge in [-0.15, -0.1) is 0 Å². The molecule has 3 aromatic carbocycles. The predicted molar refractivity (Wildman–Crippen MR) is 159 cm³/mol. The van der Waals surface area contributed by atoms with E-state index in [1.807, 2.05) is 59.5 Å². The van der Waals surface area contributed by atoms with Crippen LogP contribution in [-0.2, 0) is 19.6 Å². The van der Waals surface area contributed by atoms with Crippen molar-refractivity contribution in [3.05, 3.63) is 131 Å². The van der Waals surface area contributed by atoms with Gasteiger partial charge < -0.3 is 14.1 Å². The van der Waals surface area contributed by atoms with Crippen molar-refractivity contribution in [3.8, 4) is 5.75 Å². The predicted octanol–water partition coefficient (Wildman–Crippen LogP) is 6.10. The first kappa shape index (κ1) is 28.3. The van der Waals surface area contributed by atoms with E-state index < -0.39 is 0 Å². The lowest BCUT2D eigenvalue weighted by Gasteiger charge is -2.33. The van der Waals surface area contributed by atoms with Gasteiger partial charge in [0.15, 0.2) is 5.76 Å². The number of hydrogen-bond acceptors (Lipinski definition) is 5. The molecule has 1 amide bonds. The fourth-order valence-corrected chi connectivity index (χ4v) is 5.08. The highest BCUT2D eigenvalue weighted by Gasteiger charge is 2.24. The van der Waals surface area contributed by atoms with Crippen molar-refractivity contribution in [1.29, 1.82) is 0 Å². The molecule has 41 heavy (non-hydrogen) atoms. The van der Waals surface area contributed by atoms with Gasteiger partial charge in [0, 0.05) is 45.8 Å². The topological polar surface area (TPSA) is 49.2 Å². The van der Waals surface area contributed by atoms with E-state index in [-0.39, 0.29) is 11.7 Å². The molecule has 0 unspecified atom stereocenters. The first-order valence-corrected chi connectivity index (χ1v) is 14.0. The van der Waals surface area contributed by atoms with Crippen LogP contribution in [0.1, 0.15) is 33.0 Å². The largest absolute Gasteiger partial charge is 0.497 e. The second kappa shape index (κ2) is 13.9. The number of benzene rings is 3. The molecule has 0 bridgehead atoms. The summed E-state index contributed by atoms with van der Waals surface area (Å²) in [6, 6.07) is 28.4. The number of piperazine rings is 1. The Morgan fingerprint density at radius 1 is 0.878 bits per heavy atom. The van der Waals surface area contributed by atoms with E-state index in [0.717, 1.165) is 36.5 Å². The number of carbonyl (C=O) groups excluding carboxylic acids is 1. The standard InChI is InChI=1S/C34H36FN3O3/c1-40-31-14-6-11-29(23-31)25-37(24-28-10-5-13-30(35)22-28)26-32-15-16-33(41-32)34(39)38-20-18-36(19-21-38)17-7-12-27-8-3-2-4-9-27/h2-16,22-23H,17-21,24-26H2,1H3. The Kier molecular flexibility index (Phi) is 9.62. The molecular formula is C34H36FN3O3. The van der Waals surface area contributed by atoms with E-state index in [0.29, 0.717) is 44.2 Å². The number of carbonyl (C=O) groups is 1. The molecule has 1 aromatic heterocycles. The average molecular weight is 554 g/mol. The maximum absolute atomic E-state index is 13.9. The fraction of sp³-hybridized carbons (Fsp3) is 0.265. The van der Waals surface area contributed by atoms with Crippen molar-refractivity contribution in [2.75, 3.05) is 39.8 Å². The number of halogens is 1. The van der Waals surface area contributed by atoms with Crippen LogP contribution in [-0.4, -0.2) is 60.4 Å². The van der Waals surface area contributed by atoms with Gasteiger partial charge in [0.1, 0.15) is 17.3 Å². The third-order valence-electron chi connectivity index (χ3n) is 7.22. The van der Waals surface area contributed by atoms with Crippen LogP contribution in [0.25, 0.3) is 6.08 Å². The van der Waals surface area contributed by atoms with Crippen LogP contribution in [0.3, 0.4) is 0 Å². The number of amides is 1. The van der Waals surface area contributed by atoms with Crippen LogP contribution in [0.2, 0.25) is 0 Å². The quantitative estimate of drug-likeness (QED) is 0.225. The molecule has 1 aliphatic rings. The van der Waals surface area contributed by atoms with E-state index in [4.69, 9.17) is 9.15 Å². The van der Waals surface area contributed by atoms with Gasteiger partial charge in [-0.25, -0.2) is 4.39 Å². The Hall–Kier alpha value is -4.20. The van der Waals surface area contributed by atoms with Gasteiger partial charge in [0.05, 0.1) is 13.7 Å². The minimum absolute atomic E-state index is 0.0831. The molecule has 4 aromatic rings. The number of rotatable bonds is 11. The highest BCUT2D eigenvalue weighted by atomic mass is 19.1. The number of furan rings is 1. The summed E-state index contributed by atoms with van der Waals surface area (Å²) in [7, 11) is 1.65. The zero-order valence-corrected chi connectivity index (χ0v) is 23.4. The molecule has 0 saturated carbocycles. The summed E-state index contributed by atoms with van der Waals surface area (Å²) in [4.78, 5) is 19.6. The van der Waals surface area contributed by atoms with Crippen molar-refractivity contribution in [1.82, 2.24) is 14.7 Å². The second-order valence-electron chi connectivity index (χ2n) is 10.3. The molecule has 1 fully saturated rings. The van der Waals surface area contributed by atoms with E-state index in [1.54, 1.807) is 25.3 Å². The highest BCUT2D eigenvalue weighted by Crippen LogP contribution is 2.20. The average Bonchev–Trinajstić information content (AvgIpc) is 3.46. The van der Waals surface area contributed by atoms with Gasteiger partial charge in [-0.3, -0.25) is 14.6 Å². The molecule has 0 atom stereocenters. The highest BCUT2D eigenvalue weighted by molar-refractivity contribution is 5.91. The Bertz CT molecular complexity index is 1440. The Morgan fingerprint density at radius 3 is 2.34 bits per heavy atom. The summed E-state index contributed by atoms with van der Waals surface area (Å²) in [6.07, 6.45) is 4.31. The zero-order valence-electron chi connectivity index (χ0n) is 23.4. The molecule has 0 spiro atoms. The van der Waals surface area contributed by atoms with Crippen molar-refractivity contribution in [2.45, 2.75) is 19.6 Å². The molecule has 1 aliphatic heterocycles. The minimum atomic E-state index is -0.262. The van der Waals surface area contributed by atoms with Crippen molar-refractivity contribution in [2.24, 2.45) is 0 Å². The van der Waals surface area contributed by atoms with Crippen LogP contribution in [0, 0.1) is 5.82 Å². The summed E-state index contributed by atoms with van der Waals surface area (Å²) in [6.45, 7) is 5.43. The Labute approximate surface area is 241 Å². The summed E-state index contributed by atoms with van der Waals surface area (Å²) in [5, 5.41) is 0. The number of nitrogens with zero attached hydrogens (tertiary/aromatic N) is 3. The van der Waals surface area contributed by atoms with Crippen LogP contribution in [0.5, 0.6) is 5.75 Å². The van der Waals surface area contributed by atoms with Crippen LogP contribution in [0.15, 0.2) is 101 Å². The first-order valence-electron chi connectivity index (χ1n) is 14.0. The summed E-state index contributed by atoms with van der Waals surface area (Å²) in [5.41, 5.74) is 3.13. The number of methoxy groups -OCH3 is 1. The SMILES string of the molecule is COc1cccc(CN(Cc2cccc(F)c2)Cc2ccc(C(=O)N3CCN(CC=Cc4ccccc4)CC3)o2)c1. The van der Waals surface area contributed by atoms with Gasteiger partial charge in [0.25, 0.3) is 5.91 Å². The van der Waals surface area contributed by atoms with Gasteiger partial charge >= 0.3 is 0 Å². The fourth-order valence-electron chi connectivity index (χ4n) is 5.08. The van der Waals surface area contributed by atoms with Crippen molar-refractivity contribution >= 4 is 12.0 Å². The van der Waals surface area contributed by atoms with E-state index in [9.17, 15) is 9.18 Å². The zero-order chi connectivity index (χ0) is 28.4. The smallest absolute Gasteiger partial charge is 0.289 e. The molecule has 7 heteroatoms. The third kappa shape index (κ3) is 8.16. The van der Waals surface area contributed by atoms with E-state index >= 15 is 0 Å². The Morgan fingerprint density at radius 2 is 1.61 bits per heavy atom. The van der Waals surface area contributed by atoms with Gasteiger partial charge in [-0.1, -0.05) is 66.7 Å². The van der Waals surface area contributed by atoms with Crippen LogP contribution in [0.4, 0.5) is 4.39 Å². The molecule has 1 saturated heterocycles. The molecule has 5 rings (SSSR count). The molecule has 0 radical (unpaired) electrons. The minimum Gasteiger partial charge on any atom is -0.497 e. The summed E-state index contributed by atoms with van der Waals surface area (Å²) < 4.78 is 25.3. The Balaban J connectivity index is 1.19. The number of ether oxygens (including phenoxy) is 1. The lowest BCUT2D eigenvalue weighted by molar-refractivity contribution is 0.0615. The van der Waals surface area contributed by atoms with Crippen LogP contribution >= 0.6 is 0 Å². The summed E-state index contributed by atoms with van der Waals surface area (Å²) >= 11 is 0. The van der Waals surface area contributed by atoms with Crippen molar-refractivity contribution in [3.63, 3.8) is 0 Å². The molecular weight excluding hydrogens is 517 g/mol. The van der Waals surface area contributed by atoms with E-state index in [1.165, 1.54) is 11.6 Å². The molecule has 0 aliphatic carbocycles. The lowest BCUT2D eigenvalue weighted by atomic mass is 10.1. The third-order valence-corrected chi connectivity index (χ3v) is 7.22. The van der Waals surface area contributed by atoms with Gasteiger partial charge in [0.2, 0.25) is 0 Å². The van der Waals surface area contributed by atoms with Gasteiger partial charge in [-0.05, 0) is 53.1 Å². The maximum atomic E-state index is 13.9.